The van der Waals surface area contributed by atoms with Crippen molar-refractivity contribution in [1.82, 2.24) is 18.7 Å². The maximum absolute atomic E-state index is 12.3. The molecule has 9 nitrogen and oxygen atoms in total. The van der Waals surface area contributed by atoms with Crippen molar-refractivity contribution in [3.05, 3.63) is 33.5 Å². The highest BCUT2D eigenvalue weighted by Gasteiger charge is 2.19. The second-order valence-electron chi connectivity index (χ2n) is 4.94. The number of imidazole rings is 1. The van der Waals surface area contributed by atoms with Gasteiger partial charge in [-0.05, 0) is 0 Å². The summed E-state index contributed by atoms with van der Waals surface area (Å²) in [5, 5.41) is 9.97. The lowest BCUT2D eigenvalue weighted by Crippen LogP contribution is -2.38. The molecule has 0 saturated heterocycles. The molecule has 0 aliphatic rings. The monoisotopic (exact) mass is 309 g/mol. The third kappa shape index (κ3) is 2.68. The highest BCUT2D eigenvalue weighted by Crippen LogP contribution is 2.13. The van der Waals surface area contributed by atoms with Crippen molar-refractivity contribution in [1.29, 1.82) is 0 Å². The van der Waals surface area contributed by atoms with Gasteiger partial charge in [0.1, 0.15) is 0 Å². The van der Waals surface area contributed by atoms with Gasteiger partial charge in [0.25, 0.3) is 5.56 Å². The first-order chi connectivity index (χ1) is 10.4. The molecule has 0 radical (unpaired) electrons. The smallest absolute Gasteiger partial charge is 0.332 e. The average Bonchev–Trinajstić information content (AvgIpc) is 2.80. The number of anilines is 1. The summed E-state index contributed by atoms with van der Waals surface area (Å²) in [6.07, 6.45) is 0.695. The van der Waals surface area contributed by atoms with Crippen molar-refractivity contribution in [3.8, 4) is 0 Å². The van der Waals surface area contributed by atoms with Crippen molar-refractivity contribution in [3.63, 3.8) is 0 Å². The predicted octanol–water partition coefficient (Wildman–Crippen LogP) is -1.42. The molecule has 0 spiro atoms. The molecule has 1 atom stereocenters. The van der Waals surface area contributed by atoms with Crippen LogP contribution in [0.15, 0.2) is 22.2 Å². The van der Waals surface area contributed by atoms with Crippen molar-refractivity contribution < 1.29 is 9.84 Å². The van der Waals surface area contributed by atoms with Crippen molar-refractivity contribution in [2.24, 2.45) is 14.1 Å². The Balaban J connectivity index is 2.47. The molecular formula is C13H19N5O4. The SMILES string of the molecule is C=CCOC[C@H](O)Cn1c(N)nc2c1c(=O)n(C)c(=O)n2C. The Morgan fingerprint density at radius 2 is 2.09 bits per heavy atom. The van der Waals surface area contributed by atoms with Gasteiger partial charge in [0.15, 0.2) is 11.2 Å². The van der Waals surface area contributed by atoms with Crippen LogP contribution < -0.4 is 17.0 Å². The van der Waals surface area contributed by atoms with Gasteiger partial charge < -0.3 is 20.1 Å². The number of ether oxygens (including phenoxy) is 1. The summed E-state index contributed by atoms with van der Waals surface area (Å²) in [6.45, 7) is 3.92. The van der Waals surface area contributed by atoms with E-state index in [9.17, 15) is 14.7 Å². The number of aromatic nitrogens is 4. The van der Waals surface area contributed by atoms with Crippen LogP contribution in [0, 0.1) is 0 Å². The average molecular weight is 309 g/mol. The molecule has 0 aliphatic heterocycles. The van der Waals surface area contributed by atoms with Gasteiger partial charge in [0.05, 0.1) is 25.9 Å². The first kappa shape index (κ1) is 16.0. The molecule has 0 unspecified atom stereocenters. The van der Waals surface area contributed by atoms with E-state index in [0.29, 0.717) is 6.61 Å². The van der Waals surface area contributed by atoms with Crippen molar-refractivity contribution >= 4 is 17.1 Å². The lowest BCUT2D eigenvalue weighted by atomic mass is 10.3. The van der Waals surface area contributed by atoms with E-state index in [1.807, 2.05) is 0 Å². The number of aliphatic hydroxyl groups excluding tert-OH is 1. The molecule has 9 heteroatoms. The van der Waals surface area contributed by atoms with E-state index in [4.69, 9.17) is 10.5 Å². The van der Waals surface area contributed by atoms with E-state index in [1.54, 1.807) is 6.08 Å². The van der Waals surface area contributed by atoms with Gasteiger partial charge in [-0.3, -0.25) is 13.9 Å². The van der Waals surface area contributed by atoms with Gasteiger partial charge in [0.2, 0.25) is 5.95 Å². The van der Waals surface area contributed by atoms with Crippen LogP contribution in [0.5, 0.6) is 0 Å². The third-order valence-electron chi connectivity index (χ3n) is 3.32. The number of fused-ring (bicyclic) bond motifs is 1. The maximum atomic E-state index is 12.3. The van der Waals surface area contributed by atoms with Gasteiger partial charge in [-0.15, -0.1) is 6.58 Å². The number of aliphatic hydroxyl groups is 1. The van der Waals surface area contributed by atoms with Crippen LogP contribution in [0.3, 0.4) is 0 Å². The number of hydrogen-bond acceptors (Lipinski definition) is 6. The molecule has 3 N–H and O–H groups in total. The molecular weight excluding hydrogens is 290 g/mol. The first-order valence-electron chi connectivity index (χ1n) is 6.66. The highest BCUT2D eigenvalue weighted by molar-refractivity contribution is 5.73. The van der Waals surface area contributed by atoms with E-state index >= 15 is 0 Å². The largest absolute Gasteiger partial charge is 0.389 e. The molecule has 0 amide bonds. The molecule has 2 heterocycles. The zero-order valence-corrected chi connectivity index (χ0v) is 12.5. The fourth-order valence-corrected chi connectivity index (χ4v) is 2.20. The molecule has 22 heavy (non-hydrogen) atoms. The summed E-state index contributed by atoms with van der Waals surface area (Å²) < 4.78 is 8.76. The molecule has 2 rings (SSSR count). The zero-order valence-electron chi connectivity index (χ0n) is 12.5. The zero-order chi connectivity index (χ0) is 16.4. The summed E-state index contributed by atoms with van der Waals surface area (Å²) in [4.78, 5) is 28.2. The number of aryl methyl sites for hydroxylation is 1. The standard InChI is InChI=1S/C13H19N5O4/c1-4-5-22-7-8(19)6-18-9-10(15-12(18)14)16(2)13(21)17(3)11(9)20/h4,8,19H,1,5-7H2,2-3H3,(H2,14,15)/t8-/m1/s1. The van der Waals surface area contributed by atoms with Crippen LogP contribution in [0.2, 0.25) is 0 Å². The molecule has 0 aliphatic carbocycles. The fraction of sp³-hybridized carbons (Fsp3) is 0.462. The van der Waals surface area contributed by atoms with Crippen molar-refractivity contribution in [2.45, 2.75) is 12.6 Å². The first-order valence-corrected chi connectivity index (χ1v) is 6.66. The summed E-state index contributed by atoms with van der Waals surface area (Å²) in [5.74, 6) is 0.0519. The normalized spacial score (nSPS) is 12.7. The topological polar surface area (TPSA) is 117 Å². The molecule has 0 fully saturated rings. The Hall–Kier alpha value is -2.39. The molecule has 2 aromatic rings. The summed E-state index contributed by atoms with van der Waals surface area (Å²) in [5.41, 5.74) is 5.17. The van der Waals surface area contributed by atoms with Crippen LogP contribution in [0.4, 0.5) is 5.95 Å². The third-order valence-corrected chi connectivity index (χ3v) is 3.32. The van der Waals surface area contributed by atoms with E-state index < -0.39 is 17.4 Å². The predicted molar refractivity (Wildman–Crippen MR) is 81.7 cm³/mol. The van der Waals surface area contributed by atoms with Crippen LogP contribution in [0.1, 0.15) is 0 Å². The Morgan fingerprint density at radius 3 is 2.73 bits per heavy atom. The molecule has 0 saturated carbocycles. The van der Waals surface area contributed by atoms with Gasteiger partial charge >= 0.3 is 5.69 Å². The van der Waals surface area contributed by atoms with Crippen LogP contribution >= 0.6 is 0 Å². The van der Waals surface area contributed by atoms with Crippen LogP contribution in [-0.2, 0) is 25.4 Å². The van der Waals surface area contributed by atoms with E-state index in [0.717, 1.165) is 4.57 Å². The second kappa shape index (κ2) is 6.16. The minimum atomic E-state index is -0.874. The van der Waals surface area contributed by atoms with Crippen LogP contribution in [0.25, 0.3) is 11.2 Å². The lowest BCUT2D eigenvalue weighted by molar-refractivity contribution is 0.0405. The van der Waals surface area contributed by atoms with E-state index in [2.05, 4.69) is 11.6 Å². The van der Waals surface area contributed by atoms with Gasteiger partial charge in [-0.1, -0.05) is 6.08 Å². The number of nitrogen functional groups attached to an aromatic ring is 1. The number of hydrogen-bond donors (Lipinski definition) is 2. The fourth-order valence-electron chi connectivity index (χ4n) is 2.20. The summed E-state index contributed by atoms with van der Waals surface area (Å²) in [7, 11) is 2.88. The Bertz CT molecular complexity index is 816. The van der Waals surface area contributed by atoms with Crippen molar-refractivity contribution in [2.75, 3.05) is 18.9 Å². The second-order valence-corrected chi connectivity index (χ2v) is 4.94. The molecule has 120 valence electrons. The highest BCUT2D eigenvalue weighted by atomic mass is 16.5. The molecule has 0 aromatic carbocycles. The quantitative estimate of drug-likeness (QED) is 0.499. The maximum Gasteiger partial charge on any atom is 0.332 e. The number of nitrogens with zero attached hydrogens (tertiary/aromatic N) is 4. The van der Waals surface area contributed by atoms with E-state index in [-0.39, 0.29) is 30.3 Å². The van der Waals surface area contributed by atoms with E-state index in [1.165, 1.54) is 23.2 Å². The Kier molecular flexibility index (Phi) is 4.48. The van der Waals surface area contributed by atoms with Gasteiger partial charge in [-0.25, -0.2) is 4.79 Å². The molecule has 0 bridgehead atoms. The Labute approximate surface area is 125 Å². The molecule has 2 aromatic heterocycles. The minimum absolute atomic E-state index is 0.0346. The summed E-state index contributed by atoms with van der Waals surface area (Å²) >= 11 is 0. The number of nitrogens with two attached hydrogens (primary N) is 1. The number of rotatable bonds is 6. The summed E-state index contributed by atoms with van der Waals surface area (Å²) in [6, 6.07) is 0. The van der Waals surface area contributed by atoms with Gasteiger partial charge in [0, 0.05) is 14.1 Å². The lowest BCUT2D eigenvalue weighted by Gasteiger charge is -2.13. The van der Waals surface area contributed by atoms with Crippen LogP contribution in [-0.4, -0.2) is 43.1 Å². The Morgan fingerprint density at radius 1 is 1.41 bits per heavy atom. The minimum Gasteiger partial charge on any atom is -0.389 e. The van der Waals surface area contributed by atoms with Gasteiger partial charge in [-0.2, -0.15) is 4.98 Å².